The highest BCUT2D eigenvalue weighted by molar-refractivity contribution is 9.10. The number of hydrogen-bond donors (Lipinski definition) is 1. The van der Waals surface area contributed by atoms with Crippen molar-refractivity contribution in [1.29, 1.82) is 0 Å². The van der Waals surface area contributed by atoms with Gasteiger partial charge in [0.1, 0.15) is 5.75 Å². The van der Waals surface area contributed by atoms with Gasteiger partial charge < -0.3 is 19.7 Å². The minimum absolute atomic E-state index is 0.0232. The molecule has 2 amide bonds. The van der Waals surface area contributed by atoms with E-state index in [-0.39, 0.29) is 11.8 Å². The van der Waals surface area contributed by atoms with E-state index in [1.807, 2.05) is 31.2 Å². The fraction of sp³-hybridized carbons (Fsp3) is 0.364. The predicted octanol–water partition coefficient (Wildman–Crippen LogP) is 3.81. The average molecular weight is 461 g/mol. The third-order valence-electron chi connectivity index (χ3n) is 4.99. The normalized spacial score (nSPS) is 13.8. The number of hydrogen-bond acceptors (Lipinski definition) is 4. The van der Waals surface area contributed by atoms with E-state index in [1.165, 1.54) is 0 Å². The molecule has 0 spiro atoms. The van der Waals surface area contributed by atoms with Crippen LogP contribution in [0.25, 0.3) is 0 Å². The molecule has 3 rings (SSSR count). The first-order valence-corrected chi connectivity index (χ1v) is 10.4. The Hall–Kier alpha value is -2.38. The summed E-state index contributed by atoms with van der Waals surface area (Å²) in [6.45, 7) is 4.16. The van der Waals surface area contributed by atoms with Crippen LogP contribution >= 0.6 is 15.9 Å². The van der Waals surface area contributed by atoms with Crippen LogP contribution in [0.2, 0.25) is 0 Å². The van der Waals surface area contributed by atoms with Crippen LogP contribution in [0, 0.1) is 6.92 Å². The van der Waals surface area contributed by atoms with Crippen LogP contribution in [-0.2, 0) is 16.0 Å². The molecule has 0 bridgehead atoms. The van der Waals surface area contributed by atoms with Gasteiger partial charge in [0.05, 0.1) is 24.8 Å². The number of morpholine rings is 1. The molecule has 29 heavy (non-hydrogen) atoms. The van der Waals surface area contributed by atoms with Crippen molar-refractivity contribution in [3.63, 3.8) is 0 Å². The van der Waals surface area contributed by atoms with E-state index in [0.717, 1.165) is 21.3 Å². The summed E-state index contributed by atoms with van der Waals surface area (Å²) >= 11 is 3.46. The van der Waals surface area contributed by atoms with Crippen molar-refractivity contribution < 1.29 is 19.1 Å². The summed E-state index contributed by atoms with van der Waals surface area (Å²) in [5.41, 5.74) is 3.11. The molecule has 0 radical (unpaired) electrons. The predicted molar refractivity (Wildman–Crippen MR) is 116 cm³/mol. The molecular weight excluding hydrogens is 436 g/mol. The third-order valence-corrected chi connectivity index (χ3v) is 5.61. The monoisotopic (exact) mass is 460 g/mol. The minimum atomic E-state index is -0.0870. The van der Waals surface area contributed by atoms with Crippen LogP contribution in [0.5, 0.6) is 5.75 Å². The van der Waals surface area contributed by atoms with E-state index in [4.69, 9.17) is 9.47 Å². The van der Waals surface area contributed by atoms with Crippen molar-refractivity contribution in [3.8, 4) is 5.75 Å². The van der Waals surface area contributed by atoms with E-state index in [0.29, 0.717) is 50.4 Å². The van der Waals surface area contributed by atoms with Crippen LogP contribution < -0.4 is 10.1 Å². The van der Waals surface area contributed by atoms with Gasteiger partial charge in [-0.05, 0) is 64.7 Å². The Morgan fingerprint density at radius 3 is 2.66 bits per heavy atom. The number of carbonyl (C=O) groups excluding carboxylic acids is 2. The Balaban J connectivity index is 1.63. The van der Waals surface area contributed by atoms with Gasteiger partial charge in [0.15, 0.2) is 0 Å². The molecule has 1 N–H and O–H groups in total. The molecule has 7 heteroatoms. The number of nitrogens with one attached hydrogen (secondary N) is 1. The number of nitrogens with zero attached hydrogens (tertiary/aromatic N) is 1. The standard InChI is InChI=1S/C22H25BrN2O4/c1-15-17(22(27)25-10-12-29-13-11-25)4-3-5-19(15)24-21(26)9-7-16-6-8-20(28-2)18(23)14-16/h3-6,8,14H,7,9-13H2,1-2H3,(H,24,26). The van der Waals surface area contributed by atoms with Gasteiger partial charge in [-0.15, -0.1) is 0 Å². The summed E-state index contributed by atoms with van der Waals surface area (Å²) in [5, 5.41) is 2.95. The summed E-state index contributed by atoms with van der Waals surface area (Å²) in [7, 11) is 1.62. The fourth-order valence-corrected chi connectivity index (χ4v) is 3.86. The lowest BCUT2D eigenvalue weighted by Crippen LogP contribution is -2.41. The molecular formula is C22H25BrN2O4. The number of carbonyl (C=O) groups is 2. The van der Waals surface area contributed by atoms with Crippen LogP contribution in [0.1, 0.15) is 27.9 Å². The second-order valence-corrected chi connectivity index (χ2v) is 7.75. The SMILES string of the molecule is COc1ccc(CCC(=O)Nc2cccc(C(=O)N3CCOCC3)c2C)cc1Br. The topological polar surface area (TPSA) is 67.9 Å². The maximum Gasteiger partial charge on any atom is 0.254 e. The molecule has 154 valence electrons. The van der Waals surface area contributed by atoms with Gasteiger partial charge in [-0.25, -0.2) is 0 Å². The summed E-state index contributed by atoms with van der Waals surface area (Å²) in [6, 6.07) is 11.2. The number of methoxy groups -OCH3 is 1. The highest BCUT2D eigenvalue weighted by atomic mass is 79.9. The molecule has 0 unspecified atom stereocenters. The van der Waals surface area contributed by atoms with Gasteiger partial charge in [-0.1, -0.05) is 12.1 Å². The Morgan fingerprint density at radius 2 is 1.97 bits per heavy atom. The summed E-state index contributed by atoms with van der Waals surface area (Å²) < 4.78 is 11.4. The van der Waals surface area contributed by atoms with Gasteiger partial charge in [-0.3, -0.25) is 9.59 Å². The van der Waals surface area contributed by atoms with Crippen molar-refractivity contribution in [2.45, 2.75) is 19.8 Å². The highest BCUT2D eigenvalue weighted by Crippen LogP contribution is 2.26. The van der Waals surface area contributed by atoms with Crippen molar-refractivity contribution in [3.05, 3.63) is 57.6 Å². The number of benzene rings is 2. The molecule has 1 fully saturated rings. The Bertz CT molecular complexity index is 894. The number of halogens is 1. The third kappa shape index (κ3) is 5.36. The average Bonchev–Trinajstić information content (AvgIpc) is 2.74. The first-order chi connectivity index (χ1) is 14.0. The molecule has 1 aliphatic heterocycles. The zero-order valence-corrected chi connectivity index (χ0v) is 18.3. The number of ether oxygens (including phenoxy) is 2. The second-order valence-electron chi connectivity index (χ2n) is 6.90. The smallest absolute Gasteiger partial charge is 0.254 e. The van der Waals surface area contributed by atoms with Gasteiger partial charge in [0.2, 0.25) is 5.91 Å². The lowest BCUT2D eigenvalue weighted by Gasteiger charge is -2.27. The van der Waals surface area contributed by atoms with Gasteiger partial charge in [0.25, 0.3) is 5.91 Å². The van der Waals surface area contributed by atoms with Crippen LogP contribution in [-0.4, -0.2) is 50.1 Å². The lowest BCUT2D eigenvalue weighted by atomic mass is 10.0. The van der Waals surface area contributed by atoms with Crippen molar-refractivity contribution in [1.82, 2.24) is 4.90 Å². The van der Waals surface area contributed by atoms with Crippen molar-refractivity contribution in [2.75, 3.05) is 38.7 Å². The molecule has 1 aliphatic rings. The lowest BCUT2D eigenvalue weighted by molar-refractivity contribution is -0.116. The summed E-state index contributed by atoms with van der Waals surface area (Å²) in [6.07, 6.45) is 0.958. The number of amides is 2. The molecule has 6 nitrogen and oxygen atoms in total. The van der Waals surface area contributed by atoms with Crippen LogP contribution in [0.4, 0.5) is 5.69 Å². The molecule has 0 aliphatic carbocycles. The number of anilines is 1. The number of aryl methyl sites for hydroxylation is 1. The maximum atomic E-state index is 12.8. The zero-order valence-electron chi connectivity index (χ0n) is 16.7. The molecule has 0 atom stereocenters. The number of rotatable bonds is 6. The molecule has 0 saturated carbocycles. The van der Waals surface area contributed by atoms with E-state index >= 15 is 0 Å². The van der Waals surface area contributed by atoms with E-state index in [1.54, 1.807) is 24.1 Å². The largest absolute Gasteiger partial charge is 0.496 e. The molecule has 1 saturated heterocycles. The zero-order chi connectivity index (χ0) is 20.8. The molecule has 2 aromatic rings. The quantitative estimate of drug-likeness (QED) is 0.711. The first-order valence-electron chi connectivity index (χ1n) is 9.58. The van der Waals surface area contributed by atoms with E-state index in [2.05, 4.69) is 21.2 Å². The minimum Gasteiger partial charge on any atom is -0.496 e. The Kier molecular flexibility index (Phi) is 7.28. The van der Waals surface area contributed by atoms with Crippen LogP contribution in [0.15, 0.2) is 40.9 Å². The van der Waals surface area contributed by atoms with Crippen LogP contribution in [0.3, 0.4) is 0 Å². The van der Waals surface area contributed by atoms with Crippen molar-refractivity contribution >= 4 is 33.4 Å². The van der Waals surface area contributed by atoms with E-state index < -0.39 is 0 Å². The van der Waals surface area contributed by atoms with Gasteiger partial charge in [0, 0.05) is 30.8 Å². The van der Waals surface area contributed by atoms with Gasteiger partial charge in [-0.2, -0.15) is 0 Å². The Labute approximate surface area is 179 Å². The van der Waals surface area contributed by atoms with E-state index in [9.17, 15) is 9.59 Å². The highest BCUT2D eigenvalue weighted by Gasteiger charge is 2.21. The Morgan fingerprint density at radius 1 is 1.21 bits per heavy atom. The molecule has 1 heterocycles. The first kappa shape index (κ1) is 21.3. The van der Waals surface area contributed by atoms with Gasteiger partial charge >= 0.3 is 0 Å². The molecule has 0 aromatic heterocycles. The van der Waals surface area contributed by atoms with Crippen molar-refractivity contribution in [2.24, 2.45) is 0 Å². The summed E-state index contributed by atoms with van der Waals surface area (Å²) in [4.78, 5) is 27.1. The fourth-order valence-electron chi connectivity index (χ4n) is 3.28. The summed E-state index contributed by atoms with van der Waals surface area (Å²) in [5.74, 6) is 0.650. The maximum absolute atomic E-state index is 12.8. The second kappa shape index (κ2) is 9.89. The molecule has 2 aromatic carbocycles.